The summed E-state index contributed by atoms with van der Waals surface area (Å²) in [4.78, 5) is 12.7. The number of rotatable bonds is 3. The highest BCUT2D eigenvalue weighted by atomic mass is 16.5. The van der Waals surface area contributed by atoms with Gasteiger partial charge in [-0.2, -0.15) is 0 Å². The van der Waals surface area contributed by atoms with Crippen molar-refractivity contribution in [3.05, 3.63) is 77.4 Å². The van der Waals surface area contributed by atoms with Crippen molar-refractivity contribution in [1.82, 2.24) is 0 Å². The van der Waals surface area contributed by atoms with Crippen molar-refractivity contribution in [2.24, 2.45) is 0 Å². The standard InChI is InChI=1S/C19H16O2/c1-13-7-9-14(10-8-13)19(20)17-11-12-18(21-2)16-6-4-3-5-15(16)17/h3-12H,1-2H3. The van der Waals surface area contributed by atoms with Crippen molar-refractivity contribution >= 4 is 16.6 Å². The lowest BCUT2D eigenvalue weighted by molar-refractivity contribution is 0.104. The first-order chi connectivity index (χ1) is 10.2. The van der Waals surface area contributed by atoms with Crippen LogP contribution in [0.4, 0.5) is 0 Å². The molecule has 0 bridgehead atoms. The second-order valence-electron chi connectivity index (χ2n) is 5.06. The number of ketones is 1. The molecule has 0 spiro atoms. The van der Waals surface area contributed by atoms with Gasteiger partial charge in [-0.1, -0.05) is 54.1 Å². The van der Waals surface area contributed by atoms with E-state index in [1.807, 2.05) is 67.6 Å². The molecule has 0 aliphatic carbocycles. The van der Waals surface area contributed by atoms with E-state index < -0.39 is 0 Å². The van der Waals surface area contributed by atoms with Gasteiger partial charge in [0.2, 0.25) is 0 Å². The maximum Gasteiger partial charge on any atom is 0.193 e. The van der Waals surface area contributed by atoms with Gasteiger partial charge in [-0.25, -0.2) is 0 Å². The zero-order chi connectivity index (χ0) is 14.8. The molecule has 2 nitrogen and oxygen atoms in total. The van der Waals surface area contributed by atoms with E-state index in [0.717, 1.165) is 22.1 Å². The molecule has 104 valence electrons. The Balaban J connectivity index is 2.16. The molecule has 0 saturated carbocycles. The maximum absolute atomic E-state index is 12.7. The van der Waals surface area contributed by atoms with Crippen LogP contribution in [-0.2, 0) is 0 Å². The highest BCUT2D eigenvalue weighted by Gasteiger charge is 2.14. The first-order valence-corrected chi connectivity index (χ1v) is 6.88. The van der Waals surface area contributed by atoms with Gasteiger partial charge in [-0.15, -0.1) is 0 Å². The molecule has 0 N–H and O–H groups in total. The number of benzene rings is 3. The Hall–Kier alpha value is -2.61. The summed E-state index contributed by atoms with van der Waals surface area (Å²) in [7, 11) is 1.64. The van der Waals surface area contributed by atoms with E-state index >= 15 is 0 Å². The number of fused-ring (bicyclic) bond motifs is 1. The Morgan fingerprint density at radius 1 is 0.857 bits per heavy atom. The summed E-state index contributed by atoms with van der Waals surface area (Å²) >= 11 is 0. The van der Waals surface area contributed by atoms with E-state index in [9.17, 15) is 4.79 Å². The Kier molecular flexibility index (Phi) is 3.44. The van der Waals surface area contributed by atoms with E-state index in [1.54, 1.807) is 7.11 Å². The normalized spacial score (nSPS) is 10.6. The molecular weight excluding hydrogens is 260 g/mol. The molecule has 0 unspecified atom stereocenters. The predicted octanol–water partition coefficient (Wildman–Crippen LogP) is 4.39. The number of hydrogen-bond acceptors (Lipinski definition) is 2. The van der Waals surface area contributed by atoms with Crippen molar-refractivity contribution in [3.63, 3.8) is 0 Å². The average molecular weight is 276 g/mol. The molecule has 3 aromatic carbocycles. The van der Waals surface area contributed by atoms with Crippen LogP contribution >= 0.6 is 0 Å². The smallest absolute Gasteiger partial charge is 0.193 e. The molecule has 0 saturated heterocycles. The highest BCUT2D eigenvalue weighted by molar-refractivity contribution is 6.17. The first kappa shape index (κ1) is 13.4. The fraction of sp³-hybridized carbons (Fsp3) is 0.105. The SMILES string of the molecule is COc1ccc(C(=O)c2ccc(C)cc2)c2ccccc12. The topological polar surface area (TPSA) is 26.3 Å². The molecule has 0 fully saturated rings. The number of carbonyl (C=O) groups is 1. The molecule has 0 heterocycles. The molecule has 0 atom stereocenters. The van der Waals surface area contributed by atoms with Gasteiger partial charge in [-0.05, 0) is 24.4 Å². The van der Waals surface area contributed by atoms with Crippen molar-refractivity contribution in [1.29, 1.82) is 0 Å². The summed E-state index contributed by atoms with van der Waals surface area (Å²) in [5, 5.41) is 1.88. The average Bonchev–Trinajstić information content (AvgIpc) is 2.54. The number of carbonyl (C=O) groups excluding carboxylic acids is 1. The number of ether oxygens (including phenoxy) is 1. The van der Waals surface area contributed by atoms with Crippen LogP contribution in [0, 0.1) is 6.92 Å². The van der Waals surface area contributed by atoms with Gasteiger partial charge < -0.3 is 4.74 Å². The van der Waals surface area contributed by atoms with E-state index in [4.69, 9.17) is 4.74 Å². The van der Waals surface area contributed by atoms with Crippen LogP contribution in [0.1, 0.15) is 21.5 Å². The lowest BCUT2D eigenvalue weighted by Crippen LogP contribution is -2.02. The molecule has 3 rings (SSSR count). The minimum Gasteiger partial charge on any atom is -0.496 e. The summed E-state index contributed by atoms with van der Waals surface area (Å²) in [6, 6.07) is 19.2. The number of hydrogen-bond donors (Lipinski definition) is 0. The zero-order valence-corrected chi connectivity index (χ0v) is 12.1. The summed E-state index contributed by atoms with van der Waals surface area (Å²) < 4.78 is 5.37. The van der Waals surface area contributed by atoms with Crippen LogP contribution in [0.2, 0.25) is 0 Å². The predicted molar refractivity (Wildman–Crippen MR) is 85.1 cm³/mol. The molecule has 0 radical (unpaired) electrons. The van der Waals surface area contributed by atoms with Crippen molar-refractivity contribution < 1.29 is 9.53 Å². The van der Waals surface area contributed by atoms with Crippen LogP contribution in [0.3, 0.4) is 0 Å². The Labute approximate surface area is 124 Å². The first-order valence-electron chi connectivity index (χ1n) is 6.88. The summed E-state index contributed by atoms with van der Waals surface area (Å²) in [5.74, 6) is 0.819. The largest absolute Gasteiger partial charge is 0.496 e. The molecule has 0 aromatic heterocycles. The van der Waals surface area contributed by atoms with Gasteiger partial charge in [-0.3, -0.25) is 4.79 Å². The van der Waals surface area contributed by atoms with Gasteiger partial charge in [0.05, 0.1) is 7.11 Å². The number of aryl methyl sites for hydroxylation is 1. The van der Waals surface area contributed by atoms with E-state index in [1.165, 1.54) is 0 Å². The van der Waals surface area contributed by atoms with Crippen LogP contribution < -0.4 is 4.74 Å². The third-order valence-electron chi connectivity index (χ3n) is 3.66. The molecular formula is C19H16O2. The molecule has 0 aliphatic rings. The van der Waals surface area contributed by atoms with Crippen molar-refractivity contribution in [2.45, 2.75) is 6.92 Å². The minimum atomic E-state index is 0.0360. The monoisotopic (exact) mass is 276 g/mol. The van der Waals surface area contributed by atoms with Crippen molar-refractivity contribution in [2.75, 3.05) is 7.11 Å². The van der Waals surface area contributed by atoms with Gasteiger partial charge in [0.15, 0.2) is 5.78 Å². The minimum absolute atomic E-state index is 0.0360. The fourth-order valence-corrected chi connectivity index (χ4v) is 2.51. The van der Waals surface area contributed by atoms with Crippen LogP contribution in [0.5, 0.6) is 5.75 Å². The van der Waals surface area contributed by atoms with Crippen LogP contribution in [0.15, 0.2) is 60.7 Å². The Morgan fingerprint density at radius 2 is 1.52 bits per heavy atom. The van der Waals surface area contributed by atoms with Gasteiger partial charge in [0.1, 0.15) is 5.75 Å². The quantitative estimate of drug-likeness (QED) is 0.663. The second kappa shape index (κ2) is 5.41. The molecule has 0 amide bonds. The molecule has 0 aliphatic heterocycles. The van der Waals surface area contributed by atoms with E-state index in [0.29, 0.717) is 11.1 Å². The Bertz CT molecular complexity index is 801. The number of methoxy groups -OCH3 is 1. The molecule has 21 heavy (non-hydrogen) atoms. The van der Waals surface area contributed by atoms with Gasteiger partial charge in [0, 0.05) is 16.5 Å². The van der Waals surface area contributed by atoms with Crippen LogP contribution in [0.25, 0.3) is 10.8 Å². The van der Waals surface area contributed by atoms with Crippen LogP contribution in [-0.4, -0.2) is 12.9 Å². The lowest BCUT2D eigenvalue weighted by Gasteiger charge is -2.10. The molecule has 3 aromatic rings. The molecule has 2 heteroatoms. The van der Waals surface area contributed by atoms with Gasteiger partial charge >= 0.3 is 0 Å². The lowest BCUT2D eigenvalue weighted by atomic mass is 9.96. The van der Waals surface area contributed by atoms with Crippen molar-refractivity contribution in [3.8, 4) is 5.75 Å². The summed E-state index contributed by atoms with van der Waals surface area (Å²) in [5.41, 5.74) is 2.55. The highest BCUT2D eigenvalue weighted by Crippen LogP contribution is 2.29. The maximum atomic E-state index is 12.7. The van der Waals surface area contributed by atoms with E-state index in [-0.39, 0.29) is 5.78 Å². The summed E-state index contributed by atoms with van der Waals surface area (Å²) in [6.45, 7) is 2.01. The Morgan fingerprint density at radius 3 is 2.19 bits per heavy atom. The fourth-order valence-electron chi connectivity index (χ4n) is 2.51. The summed E-state index contributed by atoms with van der Waals surface area (Å²) in [6.07, 6.45) is 0. The third-order valence-corrected chi connectivity index (χ3v) is 3.66. The second-order valence-corrected chi connectivity index (χ2v) is 5.06. The van der Waals surface area contributed by atoms with E-state index in [2.05, 4.69) is 0 Å². The zero-order valence-electron chi connectivity index (χ0n) is 12.1. The third kappa shape index (κ3) is 2.40. The van der Waals surface area contributed by atoms with Gasteiger partial charge in [0.25, 0.3) is 0 Å².